The molecule has 0 aliphatic rings. The van der Waals surface area contributed by atoms with Crippen molar-refractivity contribution in [2.75, 3.05) is 19.4 Å². The molecular formula is C15H24N4O2. The van der Waals surface area contributed by atoms with Crippen LogP contribution in [0.3, 0.4) is 0 Å². The summed E-state index contributed by atoms with van der Waals surface area (Å²) in [6.45, 7) is 7.73. The zero-order valence-electron chi connectivity index (χ0n) is 13.5. The monoisotopic (exact) mass is 292 g/mol. The normalized spacial score (nSPS) is 12.5. The van der Waals surface area contributed by atoms with E-state index >= 15 is 0 Å². The molecule has 0 radical (unpaired) electrons. The summed E-state index contributed by atoms with van der Waals surface area (Å²) in [4.78, 5) is 28.2. The van der Waals surface area contributed by atoms with Gasteiger partial charge in [-0.3, -0.25) is 9.59 Å². The Morgan fingerprint density at radius 1 is 1.19 bits per heavy atom. The molecule has 0 aromatic carbocycles. The van der Waals surface area contributed by atoms with Gasteiger partial charge in [0, 0.05) is 30.8 Å². The number of hydrogen-bond acceptors (Lipinski definition) is 4. The number of hydrogen-bond donors (Lipinski definition) is 3. The van der Waals surface area contributed by atoms with Crippen molar-refractivity contribution in [3.8, 4) is 0 Å². The predicted octanol–water partition coefficient (Wildman–Crippen LogP) is 1.29. The van der Waals surface area contributed by atoms with Crippen LogP contribution in [0.1, 0.15) is 43.7 Å². The number of carbonyl (C=O) groups excluding carboxylic acids is 2. The van der Waals surface area contributed by atoms with Gasteiger partial charge in [-0.1, -0.05) is 20.8 Å². The minimum Gasteiger partial charge on any atom is -0.373 e. The number of rotatable bonds is 4. The third-order valence-electron chi connectivity index (χ3n) is 3.10. The fraction of sp³-hybridized carbons (Fsp3) is 0.533. The molecule has 0 aliphatic heterocycles. The molecule has 6 heteroatoms. The molecule has 1 heterocycles. The van der Waals surface area contributed by atoms with Gasteiger partial charge >= 0.3 is 0 Å². The van der Waals surface area contributed by atoms with E-state index in [1.807, 2.05) is 20.8 Å². The zero-order chi connectivity index (χ0) is 16.2. The van der Waals surface area contributed by atoms with E-state index in [0.29, 0.717) is 11.4 Å². The number of amides is 2. The van der Waals surface area contributed by atoms with Crippen LogP contribution in [0.4, 0.5) is 5.82 Å². The van der Waals surface area contributed by atoms with Crippen LogP contribution >= 0.6 is 0 Å². The Balaban J connectivity index is 3.06. The smallest absolute Gasteiger partial charge is 0.252 e. The van der Waals surface area contributed by atoms with Crippen LogP contribution in [0.25, 0.3) is 0 Å². The maximum Gasteiger partial charge on any atom is 0.252 e. The molecule has 21 heavy (non-hydrogen) atoms. The molecule has 1 atom stereocenters. The van der Waals surface area contributed by atoms with E-state index in [4.69, 9.17) is 0 Å². The summed E-state index contributed by atoms with van der Waals surface area (Å²) in [5.74, 6) is 0.0953. The molecule has 3 N–H and O–H groups in total. The minimum atomic E-state index is -0.591. The van der Waals surface area contributed by atoms with Crippen molar-refractivity contribution < 1.29 is 9.59 Å². The van der Waals surface area contributed by atoms with Crippen molar-refractivity contribution in [2.24, 2.45) is 0 Å². The topological polar surface area (TPSA) is 83.1 Å². The van der Waals surface area contributed by atoms with Gasteiger partial charge in [-0.25, -0.2) is 4.98 Å². The molecule has 0 aliphatic carbocycles. The number of anilines is 1. The van der Waals surface area contributed by atoms with Crippen molar-refractivity contribution in [3.63, 3.8) is 0 Å². The van der Waals surface area contributed by atoms with Crippen LogP contribution in [-0.4, -0.2) is 36.9 Å². The highest BCUT2D eigenvalue weighted by molar-refractivity contribution is 5.98. The Hall–Kier alpha value is -2.11. The number of likely N-dealkylation sites (N-methyl/N-ethyl adjacent to an activating group) is 1. The van der Waals surface area contributed by atoms with E-state index in [2.05, 4.69) is 20.9 Å². The molecule has 2 amide bonds. The highest BCUT2D eigenvalue weighted by Crippen LogP contribution is 2.23. The molecule has 0 bridgehead atoms. The van der Waals surface area contributed by atoms with Gasteiger partial charge < -0.3 is 16.0 Å². The van der Waals surface area contributed by atoms with Crippen LogP contribution in [0, 0.1) is 0 Å². The lowest BCUT2D eigenvalue weighted by Gasteiger charge is -2.20. The Labute approximate surface area is 125 Å². The number of nitrogens with one attached hydrogen (secondary N) is 3. The van der Waals surface area contributed by atoms with Gasteiger partial charge in [-0.15, -0.1) is 0 Å². The first-order valence-electron chi connectivity index (χ1n) is 6.91. The first kappa shape index (κ1) is 16.9. The van der Waals surface area contributed by atoms with Crippen molar-refractivity contribution in [3.05, 3.63) is 23.4 Å². The highest BCUT2D eigenvalue weighted by Gasteiger charge is 2.21. The SMILES string of the molecule is CNC(=O)C(C)NC(=O)c1cc(NC)nc(C(C)(C)C)c1. The fourth-order valence-corrected chi connectivity index (χ4v) is 1.74. The van der Waals surface area contributed by atoms with E-state index in [9.17, 15) is 9.59 Å². The highest BCUT2D eigenvalue weighted by atomic mass is 16.2. The minimum absolute atomic E-state index is 0.172. The van der Waals surface area contributed by atoms with Gasteiger partial charge in [0.05, 0.1) is 0 Å². The number of carbonyl (C=O) groups is 2. The standard InChI is InChI=1S/C15H24N4O2/c1-9(13(20)17-6)18-14(21)10-7-11(15(2,3)4)19-12(8-10)16-5/h7-9H,1-6H3,(H,16,19)(H,17,20)(H,18,21). The quantitative estimate of drug-likeness (QED) is 0.781. The van der Waals surface area contributed by atoms with Crippen molar-refractivity contribution in [1.82, 2.24) is 15.6 Å². The summed E-state index contributed by atoms with van der Waals surface area (Å²) < 4.78 is 0. The van der Waals surface area contributed by atoms with Crippen LogP contribution in [0.15, 0.2) is 12.1 Å². The number of pyridine rings is 1. The number of nitrogens with zero attached hydrogens (tertiary/aromatic N) is 1. The maximum absolute atomic E-state index is 12.3. The lowest BCUT2D eigenvalue weighted by molar-refractivity contribution is -0.122. The second-order valence-electron chi connectivity index (χ2n) is 5.94. The van der Waals surface area contributed by atoms with E-state index in [0.717, 1.165) is 5.69 Å². The lowest BCUT2D eigenvalue weighted by atomic mass is 9.90. The molecule has 1 rings (SSSR count). The average molecular weight is 292 g/mol. The maximum atomic E-state index is 12.3. The third kappa shape index (κ3) is 4.44. The van der Waals surface area contributed by atoms with E-state index < -0.39 is 6.04 Å². The van der Waals surface area contributed by atoms with Crippen LogP contribution in [0.2, 0.25) is 0 Å². The molecule has 0 fully saturated rings. The van der Waals surface area contributed by atoms with Gasteiger partial charge in [0.1, 0.15) is 11.9 Å². The first-order valence-corrected chi connectivity index (χ1v) is 6.91. The summed E-state index contributed by atoms with van der Waals surface area (Å²) in [6.07, 6.45) is 0. The van der Waals surface area contributed by atoms with E-state index in [-0.39, 0.29) is 17.2 Å². The summed E-state index contributed by atoms with van der Waals surface area (Å²) in [5.41, 5.74) is 1.12. The molecule has 0 saturated heterocycles. The summed E-state index contributed by atoms with van der Waals surface area (Å²) >= 11 is 0. The Morgan fingerprint density at radius 3 is 2.29 bits per heavy atom. The van der Waals surface area contributed by atoms with Crippen LogP contribution < -0.4 is 16.0 Å². The molecule has 116 valence electrons. The van der Waals surface area contributed by atoms with Gasteiger partial charge in [0.25, 0.3) is 5.91 Å². The Kier molecular flexibility index (Phi) is 5.29. The number of aromatic nitrogens is 1. The molecule has 1 aromatic rings. The second kappa shape index (κ2) is 6.56. The Bertz CT molecular complexity index is 535. The predicted molar refractivity (Wildman–Crippen MR) is 83.5 cm³/mol. The fourth-order valence-electron chi connectivity index (χ4n) is 1.74. The van der Waals surface area contributed by atoms with Crippen molar-refractivity contribution >= 4 is 17.6 Å². The van der Waals surface area contributed by atoms with Crippen molar-refractivity contribution in [1.29, 1.82) is 0 Å². The van der Waals surface area contributed by atoms with Gasteiger partial charge in [-0.2, -0.15) is 0 Å². The molecule has 0 spiro atoms. The molecule has 0 saturated carbocycles. The molecule has 1 aromatic heterocycles. The van der Waals surface area contributed by atoms with Gasteiger partial charge in [0.2, 0.25) is 5.91 Å². The van der Waals surface area contributed by atoms with Crippen LogP contribution in [-0.2, 0) is 10.2 Å². The van der Waals surface area contributed by atoms with Gasteiger partial charge in [-0.05, 0) is 19.1 Å². The lowest BCUT2D eigenvalue weighted by Crippen LogP contribution is -2.43. The summed E-state index contributed by atoms with van der Waals surface area (Å²) in [7, 11) is 3.29. The van der Waals surface area contributed by atoms with Crippen molar-refractivity contribution in [2.45, 2.75) is 39.2 Å². The zero-order valence-corrected chi connectivity index (χ0v) is 13.5. The van der Waals surface area contributed by atoms with E-state index in [1.165, 1.54) is 7.05 Å². The van der Waals surface area contributed by atoms with Gasteiger partial charge in [0.15, 0.2) is 0 Å². The molecule has 1 unspecified atom stereocenters. The average Bonchev–Trinajstić information content (AvgIpc) is 2.44. The third-order valence-corrected chi connectivity index (χ3v) is 3.10. The van der Waals surface area contributed by atoms with E-state index in [1.54, 1.807) is 26.1 Å². The summed E-state index contributed by atoms with van der Waals surface area (Å²) in [6, 6.07) is 2.83. The second-order valence-corrected chi connectivity index (χ2v) is 5.94. The summed E-state index contributed by atoms with van der Waals surface area (Å²) in [5, 5.41) is 8.12. The first-order chi connectivity index (χ1) is 9.68. The van der Waals surface area contributed by atoms with Crippen LogP contribution in [0.5, 0.6) is 0 Å². The molecule has 6 nitrogen and oxygen atoms in total. The molecular weight excluding hydrogens is 268 g/mol. The largest absolute Gasteiger partial charge is 0.373 e. The Morgan fingerprint density at radius 2 is 1.81 bits per heavy atom.